The normalized spacial score (nSPS) is 20.7. The van der Waals surface area contributed by atoms with Crippen LogP contribution >= 0.6 is 0 Å². The molecule has 0 radical (unpaired) electrons. The Morgan fingerprint density at radius 1 is 1.18 bits per heavy atom. The van der Waals surface area contributed by atoms with E-state index in [1.807, 2.05) is 23.1 Å². The Morgan fingerprint density at radius 2 is 1.88 bits per heavy atom. The van der Waals surface area contributed by atoms with Gasteiger partial charge in [0.1, 0.15) is 12.4 Å². The molecule has 6 nitrogen and oxygen atoms in total. The summed E-state index contributed by atoms with van der Waals surface area (Å²) in [5, 5.41) is 3.09. The number of nitrogens with zero attached hydrogens (tertiary/aromatic N) is 1. The fraction of sp³-hybridized carbons (Fsp3) is 0.407. The Bertz CT molecular complexity index is 1050. The summed E-state index contributed by atoms with van der Waals surface area (Å²) in [6.07, 6.45) is 2.82. The van der Waals surface area contributed by atoms with Gasteiger partial charge in [-0.1, -0.05) is 48.5 Å². The van der Waals surface area contributed by atoms with Crippen LogP contribution < -0.4 is 5.32 Å². The first kappa shape index (κ1) is 24.1. The number of methoxy groups -OCH3 is 1. The summed E-state index contributed by atoms with van der Waals surface area (Å²) in [5.41, 5.74) is 2.24. The molecule has 0 bridgehead atoms. The Morgan fingerprint density at radius 3 is 2.59 bits per heavy atom. The van der Waals surface area contributed by atoms with E-state index in [4.69, 9.17) is 9.47 Å². The van der Waals surface area contributed by atoms with Gasteiger partial charge in [-0.2, -0.15) is 0 Å². The van der Waals surface area contributed by atoms with Crippen LogP contribution in [0.25, 0.3) is 0 Å². The van der Waals surface area contributed by atoms with Gasteiger partial charge in [-0.3, -0.25) is 9.59 Å². The molecule has 1 fully saturated rings. The Hall–Kier alpha value is -3.03. The quantitative estimate of drug-likeness (QED) is 0.606. The van der Waals surface area contributed by atoms with Gasteiger partial charge < -0.3 is 19.7 Å². The second-order valence-electron chi connectivity index (χ2n) is 8.91. The zero-order valence-corrected chi connectivity index (χ0v) is 19.5. The highest BCUT2D eigenvalue weighted by Crippen LogP contribution is 2.52. The lowest BCUT2D eigenvalue weighted by Gasteiger charge is -2.44. The highest BCUT2D eigenvalue weighted by molar-refractivity contribution is 5.79. The van der Waals surface area contributed by atoms with E-state index in [1.165, 1.54) is 13.2 Å². The fourth-order valence-corrected chi connectivity index (χ4v) is 5.41. The van der Waals surface area contributed by atoms with Crippen molar-refractivity contribution in [2.75, 3.05) is 33.4 Å². The molecule has 1 spiro atoms. The summed E-state index contributed by atoms with van der Waals surface area (Å²) >= 11 is 0. The highest BCUT2D eigenvalue weighted by Gasteiger charge is 2.54. The minimum atomic E-state index is -0.360. The molecule has 1 N–H and O–H groups in total. The maximum atomic E-state index is 14.1. The molecule has 1 heterocycles. The van der Waals surface area contributed by atoms with Crippen LogP contribution in [0.15, 0.2) is 61.2 Å². The average Bonchev–Trinajstić information content (AvgIpc) is 3.08. The number of fused-ring (bicyclic) bond motifs is 2. The van der Waals surface area contributed by atoms with E-state index in [9.17, 15) is 14.0 Å². The van der Waals surface area contributed by atoms with E-state index in [2.05, 4.69) is 18.0 Å². The van der Waals surface area contributed by atoms with E-state index in [1.54, 1.807) is 24.3 Å². The summed E-state index contributed by atoms with van der Waals surface area (Å²) in [6.45, 7) is 5.18. The van der Waals surface area contributed by atoms with Crippen LogP contribution in [0.3, 0.4) is 0 Å². The van der Waals surface area contributed by atoms with Crippen molar-refractivity contribution in [3.8, 4) is 0 Å². The van der Waals surface area contributed by atoms with Gasteiger partial charge in [0.2, 0.25) is 11.8 Å². The predicted molar refractivity (Wildman–Crippen MR) is 127 cm³/mol. The van der Waals surface area contributed by atoms with Crippen LogP contribution in [0.4, 0.5) is 4.39 Å². The predicted octanol–water partition coefficient (Wildman–Crippen LogP) is 3.32. The molecule has 180 valence electrons. The molecule has 7 heteroatoms. The first-order valence-corrected chi connectivity index (χ1v) is 11.6. The van der Waals surface area contributed by atoms with E-state index in [0.29, 0.717) is 38.1 Å². The van der Waals surface area contributed by atoms with Crippen LogP contribution in [0.1, 0.15) is 35.6 Å². The van der Waals surface area contributed by atoms with Gasteiger partial charge in [-0.15, -0.1) is 6.58 Å². The van der Waals surface area contributed by atoms with Crippen LogP contribution in [0, 0.1) is 5.82 Å². The van der Waals surface area contributed by atoms with E-state index < -0.39 is 0 Å². The van der Waals surface area contributed by atoms with Crippen LogP contribution in [0.2, 0.25) is 0 Å². The SMILES string of the molecule is C=CCO[C@@H]1[C@@H](NC(=O)COC)c2ccccc2C12CCN(C(=O)Cc1ccccc1F)CC2. The number of carbonyl (C=O) groups excluding carboxylic acids is 2. The van der Waals surface area contributed by atoms with Crippen molar-refractivity contribution in [1.82, 2.24) is 10.2 Å². The largest absolute Gasteiger partial charge is 0.375 e. The van der Waals surface area contributed by atoms with Gasteiger partial charge in [0, 0.05) is 25.6 Å². The third-order valence-corrected chi connectivity index (χ3v) is 6.97. The lowest BCUT2D eigenvalue weighted by molar-refractivity contribution is -0.133. The third kappa shape index (κ3) is 4.63. The van der Waals surface area contributed by atoms with E-state index >= 15 is 0 Å². The van der Waals surface area contributed by atoms with E-state index in [-0.39, 0.29) is 48.2 Å². The highest BCUT2D eigenvalue weighted by atomic mass is 19.1. The fourth-order valence-electron chi connectivity index (χ4n) is 5.41. The second-order valence-corrected chi connectivity index (χ2v) is 8.91. The van der Waals surface area contributed by atoms with Crippen LogP contribution in [0.5, 0.6) is 0 Å². The minimum absolute atomic E-state index is 0.0296. The molecule has 0 saturated carbocycles. The summed E-state index contributed by atoms with van der Waals surface area (Å²) in [4.78, 5) is 27.2. The second kappa shape index (κ2) is 10.5. The molecule has 0 unspecified atom stereocenters. The average molecular weight is 467 g/mol. The van der Waals surface area contributed by atoms with Crippen molar-refractivity contribution in [1.29, 1.82) is 0 Å². The Kier molecular flexibility index (Phi) is 7.44. The molecule has 2 atom stereocenters. The number of carbonyl (C=O) groups is 2. The lowest BCUT2D eigenvalue weighted by Crippen LogP contribution is -2.52. The molecule has 34 heavy (non-hydrogen) atoms. The number of hydrogen-bond acceptors (Lipinski definition) is 4. The first-order chi connectivity index (χ1) is 16.5. The van der Waals surface area contributed by atoms with Crippen molar-refractivity contribution in [2.24, 2.45) is 0 Å². The maximum Gasteiger partial charge on any atom is 0.246 e. The molecule has 2 aliphatic rings. The van der Waals surface area contributed by atoms with Gasteiger partial charge in [0.05, 0.1) is 25.2 Å². The van der Waals surface area contributed by atoms with Crippen LogP contribution in [-0.4, -0.2) is 56.2 Å². The molecule has 0 aromatic heterocycles. The van der Waals surface area contributed by atoms with Crippen LogP contribution in [-0.2, 0) is 30.9 Å². The summed E-state index contributed by atoms with van der Waals surface area (Å²) < 4.78 is 25.4. The van der Waals surface area contributed by atoms with Gasteiger partial charge in [0.25, 0.3) is 0 Å². The van der Waals surface area contributed by atoms with Crippen molar-refractivity contribution in [3.63, 3.8) is 0 Å². The maximum absolute atomic E-state index is 14.1. The van der Waals surface area contributed by atoms with Gasteiger partial charge >= 0.3 is 0 Å². The monoisotopic (exact) mass is 466 g/mol. The number of piperidine rings is 1. The van der Waals surface area contributed by atoms with Gasteiger partial charge in [0.15, 0.2) is 0 Å². The smallest absolute Gasteiger partial charge is 0.246 e. The molecule has 4 rings (SSSR count). The number of likely N-dealkylation sites (tertiary alicyclic amines) is 1. The minimum Gasteiger partial charge on any atom is -0.375 e. The summed E-state index contributed by atoms with van der Waals surface area (Å²) in [5.74, 6) is -0.648. The lowest BCUT2D eigenvalue weighted by atomic mass is 9.71. The zero-order valence-electron chi connectivity index (χ0n) is 19.5. The number of amides is 2. The number of benzene rings is 2. The van der Waals surface area contributed by atoms with Crippen molar-refractivity contribution < 1.29 is 23.5 Å². The van der Waals surface area contributed by atoms with E-state index in [0.717, 1.165) is 11.1 Å². The molecular formula is C27H31FN2O4. The van der Waals surface area contributed by atoms with Crippen molar-refractivity contribution in [3.05, 3.63) is 83.7 Å². The summed E-state index contributed by atoms with van der Waals surface area (Å²) in [6, 6.07) is 14.2. The van der Waals surface area contributed by atoms with Gasteiger partial charge in [-0.25, -0.2) is 4.39 Å². The number of rotatable bonds is 8. The number of halogens is 1. The molecule has 1 aliphatic heterocycles. The Labute approximate surface area is 199 Å². The Balaban J connectivity index is 1.56. The molecule has 2 aromatic carbocycles. The molecule has 1 saturated heterocycles. The molecule has 2 amide bonds. The zero-order chi connectivity index (χ0) is 24.1. The molecular weight excluding hydrogens is 435 g/mol. The number of ether oxygens (including phenoxy) is 2. The number of nitrogens with one attached hydrogen (secondary N) is 1. The summed E-state index contributed by atoms with van der Waals surface area (Å²) in [7, 11) is 1.49. The number of hydrogen-bond donors (Lipinski definition) is 1. The standard InChI is InChI=1S/C27H31FN2O4/c1-3-16-34-26-25(29-23(31)18-33-2)20-9-5-6-10-21(20)27(26)12-14-30(15-13-27)24(32)17-19-8-4-7-11-22(19)28/h3-11,25-26H,1,12-18H2,2H3,(H,29,31)/t25-,26+/m0/s1. The third-order valence-electron chi connectivity index (χ3n) is 6.97. The molecule has 1 aliphatic carbocycles. The van der Waals surface area contributed by atoms with Gasteiger partial charge in [-0.05, 0) is 35.6 Å². The molecule has 2 aromatic rings. The topological polar surface area (TPSA) is 67.9 Å². The first-order valence-electron chi connectivity index (χ1n) is 11.6. The van der Waals surface area contributed by atoms with Crippen molar-refractivity contribution >= 4 is 11.8 Å². The van der Waals surface area contributed by atoms with Crippen molar-refractivity contribution in [2.45, 2.75) is 36.8 Å².